The molecule has 1 aliphatic rings. The average Bonchev–Trinajstić information content (AvgIpc) is 2.85. The molecular formula is C28H31N5O6. The van der Waals surface area contributed by atoms with Crippen LogP contribution in [0.3, 0.4) is 0 Å². The van der Waals surface area contributed by atoms with Gasteiger partial charge < -0.3 is 15.4 Å². The van der Waals surface area contributed by atoms with E-state index in [9.17, 15) is 24.0 Å². The van der Waals surface area contributed by atoms with Crippen LogP contribution in [0.1, 0.15) is 61.4 Å². The first-order chi connectivity index (χ1) is 18.4. The molecule has 11 heteroatoms. The zero-order valence-corrected chi connectivity index (χ0v) is 22.3. The van der Waals surface area contributed by atoms with E-state index in [0.29, 0.717) is 35.6 Å². The molecule has 0 aliphatic carbocycles. The second kappa shape index (κ2) is 11.1. The van der Waals surface area contributed by atoms with Gasteiger partial charge in [-0.2, -0.15) is 0 Å². The summed E-state index contributed by atoms with van der Waals surface area (Å²) in [4.78, 5) is 66.8. The number of alkyl carbamates (subject to hydrolysis) is 1. The summed E-state index contributed by atoms with van der Waals surface area (Å²) in [5, 5.41) is 8.04. The van der Waals surface area contributed by atoms with Crippen LogP contribution in [0.25, 0.3) is 10.9 Å². The third-order valence-corrected chi connectivity index (χ3v) is 6.15. The number of ether oxygens (including phenoxy) is 1. The minimum absolute atomic E-state index is 0.131. The molecule has 0 saturated carbocycles. The Hall–Kier alpha value is -4.54. The van der Waals surface area contributed by atoms with Crippen molar-refractivity contribution in [2.24, 2.45) is 0 Å². The number of carbonyl (C=O) groups excluding carboxylic acids is 4. The Morgan fingerprint density at radius 1 is 1.13 bits per heavy atom. The highest BCUT2D eigenvalue weighted by Gasteiger charge is 2.30. The first kappa shape index (κ1) is 27.5. The van der Waals surface area contributed by atoms with Crippen molar-refractivity contribution >= 4 is 40.4 Å². The van der Waals surface area contributed by atoms with Gasteiger partial charge in [-0.1, -0.05) is 18.2 Å². The fourth-order valence-corrected chi connectivity index (χ4v) is 4.41. The fourth-order valence-electron chi connectivity index (χ4n) is 4.41. The first-order valence-corrected chi connectivity index (χ1v) is 12.7. The maximum absolute atomic E-state index is 13.4. The van der Waals surface area contributed by atoms with Gasteiger partial charge in [-0.3, -0.25) is 29.1 Å². The number of imide groups is 1. The Kier molecular flexibility index (Phi) is 7.80. The molecule has 1 saturated heterocycles. The summed E-state index contributed by atoms with van der Waals surface area (Å²) < 4.78 is 6.53. The normalized spacial score (nSPS) is 15.5. The lowest BCUT2D eigenvalue weighted by atomic mass is 10.1. The number of aryl methyl sites for hydroxylation is 1. The van der Waals surface area contributed by atoms with Gasteiger partial charge in [-0.15, -0.1) is 0 Å². The van der Waals surface area contributed by atoms with Crippen LogP contribution in [0, 0.1) is 6.92 Å². The topological polar surface area (TPSA) is 148 Å². The number of piperidine rings is 1. The van der Waals surface area contributed by atoms with Crippen LogP contribution in [0.5, 0.6) is 0 Å². The number of amides is 4. The largest absolute Gasteiger partial charge is 0.444 e. The average molecular weight is 534 g/mol. The van der Waals surface area contributed by atoms with Crippen molar-refractivity contribution in [2.45, 2.75) is 58.6 Å². The predicted octanol–water partition coefficient (Wildman–Crippen LogP) is 3.00. The van der Waals surface area contributed by atoms with Gasteiger partial charge in [-0.25, -0.2) is 9.78 Å². The number of hydrogen-bond donors (Lipinski definition) is 3. The van der Waals surface area contributed by atoms with Gasteiger partial charge in [0.25, 0.3) is 11.5 Å². The summed E-state index contributed by atoms with van der Waals surface area (Å²) in [6.45, 7) is 7.31. The number of rotatable bonds is 6. The van der Waals surface area contributed by atoms with E-state index in [4.69, 9.17) is 4.74 Å². The lowest BCUT2D eigenvalue weighted by molar-refractivity contribution is -0.135. The van der Waals surface area contributed by atoms with E-state index in [1.54, 1.807) is 64.1 Å². The van der Waals surface area contributed by atoms with Gasteiger partial charge >= 0.3 is 6.09 Å². The molecule has 4 rings (SSSR count). The molecule has 1 atom stereocenters. The van der Waals surface area contributed by atoms with E-state index in [0.717, 1.165) is 5.56 Å². The number of carbonyl (C=O) groups is 4. The summed E-state index contributed by atoms with van der Waals surface area (Å²) in [5.41, 5.74) is 0.880. The van der Waals surface area contributed by atoms with Gasteiger partial charge in [0.05, 0.1) is 11.1 Å². The predicted molar refractivity (Wildman–Crippen MR) is 144 cm³/mol. The van der Waals surface area contributed by atoms with E-state index < -0.39 is 35.1 Å². The first-order valence-electron chi connectivity index (χ1n) is 12.7. The molecule has 3 N–H and O–H groups in total. The van der Waals surface area contributed by atoms with Crippen LogP contribution in [0.4, 0.5) is 10.5 Å². The Labute approximate surface area is 224 Å². The minimum atomic E-state index is -0.835. The highest BCUT2D eigenvalue weighted by molar-refractivity contribution is 6.08. The molecule has 11 nitrogen and oxygen atoms in total. The molecule has 3 aromatic rings. The molecule has 0 bridgehead atoms. The van der Waals surface area contributed by atoms with E-state index >= 15 is 0 Å². The quantitative estimate of drug-likeness (QED) is 0.413. The zero-order chi connectivity index (χ0) is 28.3. The molecule has 0 radical (unpaired) electrons. The molecule has 1 aromatic heterocycles. The summed E-state index contributed by atoms with van der Waals surface area (Å²) >= 11 is 0. The van der Waals surface area contributed by atoms with Crippen molar-refractivity contribution in [3.8, 4) is 0 Å². The van der Waals surface area contributed by atoms with Crippen molar-refractivity contribution in [3.63, 3.8) is 0 Å². The maximum atomic E-state index is 13.4. The van der Waals surface area contributed by atoms with Gasteiger partial charge in [0, 0.05) is 18.5 Å². The molecule has 2 aromatic carbocycles. The number of nitrogens with zero attached hydrogens (tertiary/aromatic N) is 2. The second-order valence-electron chi connectivity index (χ2n) is 10.3. The van der Waals surface area contributed by atoms with Crippen molar-refractivity contribution in [1.29, 1.82) is 0 Å². The Morgan fingerprint density at radius 2 is 1.87 bits per heavy atom. The van der Waals surface area contributed by atoms with Crippen molar-refractivity contribution in [3.05, 3.63) is 69.8 Å². The van der Waals surface area contributed by atoms with Gasteiger partial charge in [0.2, 0.25) is 11.8 Å². The third-order valence-electron chi connectivity index (χ3n) is 6.15. The number of anilines is 1. The molecule has 1 fully saturated rings. The van der Waals surface area contributed by atoms with Crippen LogP contribution in [0.2, 0.25) is 0 Å². The van der Waals surface area contributed by atoms with E-state index in [-0.39, 0.29) is 24.1 Å². The maximum Gasteiger partial charge on any atom is 0.407 e. The molecule has 204 valence electrons. The molecule has 1 aliphatic heterocycles. The summed E-state index contributed by atoms with van der Waals surface area (Å²) in [5.74, 6) is -1.01. The Morgan fingerprint density at radius 3 is 2.59 bits per heavy atom. The van der Waals surface area contributed by atoms with Crippen LogP contribution in [-0.4, -0.2) is 45.5 Å². The number of hydrogen-bond acceptors (Lipinski definition) is 7. The second-order valence-corrected chi connectivity index (χ2v) is 10.3. The number of nitrogens with one attached hydrogen (secondary N) is 3. The number of para-hydroxylation sites is 1. The lowest BCUT2D eigenvalue weighted by Gasteiger charge is -2.24. The highest BCUT2D eigenvalue weighted by Crippen LogP contribution is 2.24. The van der Waals surface area contributed by atoms with E-state index in [1.807, 2.05) is 6.07 Å². The fraction of sp³-hybridized carbons (Fsp3) is 0.357. The SMILES string of the molecule is Cc1nc2c(NC(=O)c3cccc(CCNC(=O)OC(C)(C)C)c3)cccc2c(=O)n1C1CCC(=O)NC1=O. The van der Waals surface area contributed by atoms with Crippen LogP contribution >= 0.6 is 0 Å². The molecular weight excluding hydrogens is 502 g/mol. The van der Waals surface area contributed by atoms with Crippen molar-refractivity contribution in [1.82, 2.24) is 20.2 Å². The summed E-state index contributed by atoms with van der Waals surface area (Å²) in [7, 11) is 0. The Bertz CT molecular complexity index is 1520. The van der Waals surface area contributed by atoms with Gasteiger partial charge in [0.15, 0.2) is 0 Å². The zero-order valence-electron chi connectivity index (χ0n) is 22.3. The van der Waals surface area contributed by atoms with Gasteiger partial charge in [0.1, 0.15) is 23.0 Å². The number of aromatic nitrogens is 2. The summed E-state index contributed by atoms with van der Waals surface area (Å²) in [6, 6.07) is 11.0. The molecule has 2 heterocycles. The van der Waals surface area contributed by atoms with Crippen LogP contribution in [0.15, 0.2) is 47.3 Å². The van der Waals surface area contributed by atoms with E-state index in [1.165, 1.54) is 4.57 Å². The lowest BCUT2D eigenvalue weighted by Crippen LogP contribution is -2.45. The molecule has 0 spiro atoms. The minimum Gasteiger partial charge on any atom is -0.444 e. The smallest absolute Gasteiger partial charge is 0.407 e. The third kappa shape index (κ3) is 6.49. The molecule has 4 amide bonds. The van der Waals surface area contributed by atoms with Crippen LogP contribution < -0.4 is 21.5 Å². The Balaban J connectivity index is 1.51. The molecule has 39 heavy (non-hydrogen) atoms. The highest BCUT2D eigenvalue weighted by atomic mass is 16.6. The number of fused-ring (bicyclic) bond motifs is 1. The van der Waals surface area contributed by atoms with Crippen LogP contribution in [-0.2, 0) is 20.7 Å². The standard InChI is InChI=1S/C28H31N5O6/c1-16-30-23-19(26(37)33(16)21-11-12-22(34)32-25(21)36)9-6-10-20(23)31-24(35)18-8-5-7-17(15-18)13-14-29-27(38)39-28(2,3)4/h5-10,15,21H,11-14H2,1-4H3,(H,29,38)(H,31,35)(H,32,34,36). The van der Waals surface area contributed by atoms with Gasteiger partial charge in [-0.05, 0) is 70.4 Å². The summed E-state index contributed by atoms with van der Waals surface area (Å²) in [6.07, 6.45) is 0.326. The van der Waals surface area contributed by atoms with E-state index in [2.05, 4.69) is 20.9 Å². The molecule has 1 unspecified atom stereocenters. The number of benzene rings is 2. The van der Waals surface area contributed by atoms with Crippen molar-refractivity contribution in [2.75, 3.05) is 11.9 Å². The monoisotopic (exact) mass is 533 g/mol. The van der Waals surface area contributed by atoms with Crippen molar-refractivity contribution < 1.29 is 23.9 Å².